The zero-order valence-electron chi connectivity index (χ0n) is 15.0. The lowest BCUT2D eigenvalue weighted by Gasteiger charge is -2.14. The fraction of sp³-hybridized carbons (Fsp3) is 0.318. The van der Waals surface area contributed by atoms with Crippen LogP contribution < -0.4 is 0 Å². The van der Waals surface area contributed by atoms with Crippen LogP contribution in [0, 0.1) is 17.1 Å². The van der Waals surface area contributed by atoms with Gasteiger partial charge >= 0.3 is 0 Å². The van der Waals surface area contributed by atoms with Gasteiger partial charge in [-0.05, 0) is 61.4 Å². The molecule has 1 aliphatic carbocycles. The summed E-state index contributed by atoms with van der Waals surface area (Å²) in [7, 11) is 0. The van der Waals surface area contributed by atoms with E-state index in [4.69, 9.17) is 14.7 Å². The minimum absolute atomic E-state index is 0.129. The number of oxazole rings is 1. The summed E-state index contributed by atoms with van der Waals surface area (Å²) in [6.07, 6.45) is 13.1. The van der Waals surface area contributed by atoms with Crippen LogP contribution in [0.5, 0.6) is 0 Å². The van der Waals surface area contributed by atoms with Gasteiger partial charge < -0.3 is 4.42 Å². The molecule has 136 valence electrons. The van der Waals surface area contributed by atoms with Gasteiger partial charge in [0.25, 0.3) is 0 Å². The number of rotatable bonds is 2. The maximum absolute atomic E-state index is 13.9. The van der Waals surface area contributed by atoms with Crippen LogP contribution in [0.2, 0.25) is 0 Å². The van der Waals surface area contributed by atoms with Gasteiger partial charge in [0.05, 0.1) is 17.3 Å². The molecule has 2 aromatic rings. The highest BCUT2D eigenvalue weighted by molar-refractivity contribution is 5.78. The summed E-state index contributed by atoms with van der Waals surface area (Å²) in [5.41, 5.74) is 2.90. The van der Waals surface area contributed by atoms with E-state index in [1.54, 1.807) is 12.3 Å². The monoisotopic (exact) mass is 361 g/mol. The van der Waals surface area contributed by atoms with Crippen LogP contribution in [0.4, 0.5) is 4.39 Å². The number of nitriles is 1. The normalized spacial score (nSPS) is 19.4. The van der Waals surface area contributed by atoms with Crippen molar-refractivity contribution in [1.82, 2.24) is 4.98 Å². The number of aliphatic imine (C=N–C) groups is 1. The Hall–Kier alpha value is -3.00. The van der Waals surface area contributed by atoms with Crippen molar-refractivity contribution in [3.05, 3.63) is 70.7 Å². The van der Waals surface area contributed by atoms with E-state index in [0.29, 0.717) is 17.9 Å². The van der Waals surface area contributed by atoms with Crippen molar-refractivity contribution in [3.63, 3.8) is 0 Å². The topological polar surface area (TPSA) is 62.2 Å². The lowest BCUT2D eigenvalue weighted by molar-refractivity contribution is 0.481. The third-order valence-corrected chi connectivity index (χ3v) is 5.02. The average Bonchev–Trinajstić information content (AvgIpc) is 2.92. The van der Waals surface area contributed by atoms with Gasteiger partial charge in [-0.3, -0.25) is 4.99 Å². The summed E-state index contributed by atoms with van der Waals surface area (Å²) in [6, 6.07) is 6.63. The molecule has 0 amide bonds. The number of hydrogen-bond acceptors (Lipinski definition) is 4. The highest BCUT2D eigenvalue weighted by Crippen LogP contribution is 2.34. The number of nitrogens with zero attached hydrogens (tertiary/aromatic N) is 3. The number of hydrogen-bond donors (Lipinski definition) is 0. The molecule has 0 radical (unpaired) electrons. The summed E-state index contributed by atoms with van der Waals surface area (Å²) in [6.45, 7) is 0. The Balaban J connectivity index is 1.63. The van der Waals surface area contributed by atoms with Gasteiger partial charge in [-0.15, -0.1) is 0 Å². The van der Waals surface area contributed by atoms with Gasteiger partial charge in [0.2, 0.25) is 5.89 Å². The van der Waals surface area contributed by atoms with Crippen molar-refractivity contribution in [2.24, 2.45) is 4.99 Å². The predicted octanol–water partition coefficient (Wildman–Crippen LogP) is 5.11. The van der Waals surface area contributed by atoms with Crippen LogP contribution in [0.15, 0.2) is 45.8 Å². The zero-order chi connectivity index (χ0) is 18.6. The van der Waals surface area contributed by atoms with Crippen molar-refractivity contribution >= 4 is 11.9 Å². The minimum atomic E-state index is -0.364. The summed E-state index contributed by atoms with van der Waals surface area (Å²) >= 11 is 0. The molecular weight excluding hydrogens is 341 g/mol. The number of halogens is 1. The van der Waals surface area contributed by atoms with Gasteiger partial charge in [-0.1, -0.05) is 12.2 Å². The van der Waals surface area contributed by atoms with Gasteiger partial charge in [0.1, 0.15) is 17.3 Å². The van der Waals surface area contributed by atoms with E-state index >= 15 is 0 Å². The number of allylic oxidation sites excluding steroid dienone is 3. The predicted molar refractivity (Wildman–Crippen MR) is 102 cm³/mol. The van der Waals surface area contributed by atoms with E-state index in [1.807, 2.05) is 12.1 Å². The number of aromatic nitrogens is 1. The molecular formula is C22H20FN3O. The van der Waals surface area contributed by atoms with E-state index in [1.165, 1.54) is 12.1 Å². The molecule has 4 nitrogen and oxygen atoms in total. The Morgan fingerprint density at radius 1 is 1.22 bits per heavy atom. The smallest absolute Gasteiger partial charge is 0.245 e. The second kappa shape index (κ2) is 7.71. The van der Waals surface area contributed by atoms with Gasteiger partial charge in [0, 0.05) is 19.1 Å². The third-order valence-electron chi connectivity index (χ3n) is 5.02. The molecule has 4 rings (SSSR count). The minimum Gasteiger partial charge on any atom is -0.440 e. The zero-order valence-corrected chi connectivity index (χ0v) is 15.0. The van der Waals surface area contributed by atoms with Crippen LogP contribution in [0.25, 0.3) is 5.70 Å². The molecule has 1 unspecified atom stereocenters. The first-order valence-electron chi connectivity index (χ1n) is 9.32. The molecule has 1 aliphatic heterocycles. The molecule has 0 saturated carbocycles. The quantitative estimate of drug-likeness (QED) is 0.698. The lowest BCUT2D eigenvalue weighted by Crippen LogP contribution is -2.04. The summed E-state index contributed by atoms with van der Waals surface area (Å²) in [5.74, 6) is 1.23. The Morgan fingerprint density at radius 3 is 3.04 bits per heavy atom. The van der Waals surface area contributed by atoms with Crippen molar-refractivity contribution in [2.45, 2.75) is 44.4 Å². The van der Waals surface area contributed by atoms with Gasteiger partial charge in [-0.25, -0.2) is 9.37 Å². The maximum Gasteiger partial charge on any atom is 0.245 e. The Labute approximate surface area is 157 Å². The first-order valence-corrected chi connectivity index (χ1v) is 9.32. The van der Waals surface area contributed by atoms with E-state index in [-0.39, 0.29) is 11.7 Å². The highest BCUT2D eigenvalue weighted by Gasteiger charge is 2.24. The number of aryl methyl sites for hydroxylation is 1. The molecule has 1 aromatic heterocycles. The van der Waals surface area contributed by atoms with E-state index < -0.39 is 0 Å². The molecule has 0 fully saturated rings. The standard InChI is InChI=1S/C22H20FN3O/c23-18-11-15(14-24)10-17(12-18)16-6-5-8-21-20(13-16)26-22(27-21)19-7-3-1-2-4-9-25-19/h2,4,7,9-12,16H,1,3,5-6,8,13H2. The van der Waals surface area contributed by atoms with Crippen LogP contribution in [0.1, 0.15) is 60.1 Å². The molecule has 1 aromatic carbocycles. The third kappa shape index (κ3) is 3.90. The lowest BCUT2D eigenvalue weighted by atomic mass is 9.90. The molecule has 2 heterocycles. The second-order valence-corrected chi connectivity index (χ2v) is 6.94. The van der Waals surface area contributed by atoms with Crippen LogP contribution in [-0.2, 0) is 12.8 Å². The van der Waals surface area contributed by atoms with Crippen molar-refractivity contribution in [2.75, 3.05) is 0 Å². The number of benzene rings is 1. The van der Waals surface area contributed by atoms with Crippen LogP contribution in [0.3, 0.4) is 0 Å². The summed E-state index contributed by atoms with van der Waals surface area (Å²) in [5, 5.41) is 9.12. The summed E-state index contributed by atoms with van der Waals surface area (Å²) < 4.78 is 19.9. The van der Waals surface area contributed by atoms with Crippen molar-refractivity contribution < 1.29 is 8.81 Å². The summed E-state index contributed by atoms with van der Waals surface area (Å²) in [4.78, 5) is 9.16. The molecule has 5 heteroatoms. The highest BCUT2D eigenvalue weighted by atomic mass is 19.1. The largest absolute Gasteiger partial charge is 0.440 e. The molecule has 0 spiro atoms. The molecule has 2 aliphatic rings. The molecule has 1 atom stereocenters. The number of fused-ring (bicyclic) bond motifs is 1. The molecule has 27 heavy (non-hydrogen) atoms. The average molecular weight is 361 g/mol. The fourth-order valence-electron chi connectivity index (χ4n) is 3.68. The van der Waals surface area contributed by atoms with Crippen LogP contribution in [-0.4, -0.2) is 11.2 Å². The Kier molecular flexibility index (Phi) is 4.97. The molecule has 0 bridgehead atoms. The SMILES string of the molecule is N#Cc1cc(F)cc(C2CCCc3oc(C4=CCCC=CC=N4)nc3C2)c1. The first-order chi connectivity index (χ1) is 13.2. The Bertz CT molecular complexity index is 978. The van der Waals surface area contributed by atoms with Crippen molar-refractivity contribution in [3.8, 4) is 6.07 Å². The van der Waals surface area contributed by atoms with Crippen LogP contribution >= 0.6 is 0 Å². The van der Waals surface area contributed by atoms with E-state index in [9.17, 15) is 4.39 Å². The van der Waals surface area contributed by atoms with Crippen molar-refractivity contribution in [1.29, 1.82) is 5.26 Å². The van der Waals surface area contributed by atoms with Gasteiger partial charge in [0.15, 0.2) is 0 Å². The maximum atomic E-state index is 13.9. The van der Waals surface area contributed by atoms with E-state index in [2.05, 4.69) is 17.1 Å². The first kappa shape index (κ1) is 17.4. The van der Waals surface area contributed by atoms with Gasteiger partial charge in [-0.2, -0.15) is 5.26 Å². The van der Waals surface area contributed by atoms with E-state index in [0.717, 1.165) is 54.8 Å². The fourth-order valence-corrected chi connectivity index (χ4v) is 3.68. The Morgan fingerprint density at radius 2 is 2.15 bits per heavy atom. The molecule has 0 N–H and O–H groups in total. The molecule has 0 saturated heterocycles. The second-order valence-electron chi connectivity index (χ2n) is 6.94.